The maximum absolute atomic E-state index is 11.4. The number of carbonyl (C=O) groups is 1. The van der Waals surface area contributed by atoms with Crippen molar-refractivity contribution in [3.8, 4) is 5.82 Å². The smallest absolute Gasteiger partial charge is 0.170 e. The summed E-state index contributed by atoms with van der Waals surface area (Å²) in [6, 6.07) is 0. The quantitative estimate of drug-likeness (QED) is 0.484. The van der Waals surface area contributed by atoms with Gasteiger partial charge in [-0.1, -0.05) is 0 Å². The van der Waals surface area contributed by atoms with Crippen molar-refractivity contribution in [3.05, 3.63) is 35.7 Å². The van der Waals surface area contributed by atoms with Crippen molar-refractivity contribution in [1.29, 1.82) is 0 Å². The fraction of sp³-hybridized carbons (Fsp3) is 0.353. The Kier molecular flexibility index (Phi) is 5.37. The van der Waals surface area contributed by atoms with Crippen LogP contribution in [0.5, 0.6) is 0 Å². The second-order valence-electron chi connectivity index (χ2n) is 5.90. The summed E-state index contributed by atoms with van der Waals surface area (Å²) in [5.41, 5.74) is 1.69. The topological polar surface area (TPSA) is 102 Å². The number of nitrogens with one attached hydrogen (secondary N) is 1. The van der Waals surface area contributed by atoms with Gasteiger partial charge in [-0.3, -0.25) is 9.89 Å². The molecule has 0 aliphatic heterocycles. The van der Waals surface area contributed by atoms with Crippen LogP contribution in [0.4, 0.5) is 0 Å². The highest BCUT2D eigenvalue weighted by Gasteiger charge is 2.13. The van der Waals surface area contributed by atoms with Crippen LogP contribution >= 0.6 is 0 Å². The fourth-order valence-electron chi connectivity index (χ4n) is 2.57. The van der Waals surface area contributed by atoms with Crippen molar-refractivity contribution < 1.29 is 9.53 Å². The minimum Gasteiger partial charge on any atom is -0.385 e. The van der Waals surface area contributed by atoms with Gasteiger partial charge in [-0.25, -0.2) is 14.6 Å². The Morgan fingerprint density at radius 1 is 1.38 bits per heavy atom. The van der Waals surface area contributed by atoms with E-state index in [0.717, 1.165) is 24.6 Å². The number of rotatable bonds is 8. The van der Waals surface area contributed by atoms with Gasteiger partial charge in [-0.05, 0) is 25.6 Å². The monoisotopic (exact) mass is 355 g/mol. The lowest BCUT2D eigenvalue weighted by Gasteiger charge is -2.12. The first-order valence-corrected chi connectivity index (χ1v) is 8.22. The number of aryl methyl sites for hydroxylation is 1. The van der Waals surface area contributed by atoms with Crippen LogP contribution in [0.2, 0.25) is 0 Å². The molecular formula is C17H21N7O2. The molecule has 0 unspecified atom stereocenters. The molecule has 0 atom stereocenters. The Morgan fingerprint density at radius 3 is 3.00 bits per heavy atom. The number of ether oxygens (including phenoxy) is 1. The van der Waals surface area contributed by atoms with Crippen LogP contribution in [0, 0.1) is 6.92 Å². The molecule has 0 spiro atoms. The Labute approximate surface area is 150 Å². The number of hydrogen-bond donors (Lipinski definition) is 1. The van der Waals surface area contributed by atoms with Crippen LogP contribution in [-0.4, -0.2) is 68.4 Å². The molecule has 0 saturated heterocycles. The lowest BCUT2D eigenvalue weighted by molar-refractivity contribution is 0.111. The summed E-state index contributed by atoms with van der Waals surface area (Å²) in [5.74, 6) is 1.17. The van der Waals surface area contributed by atoms with Gasteiger partial charge in [-0.15, -0.1) is 0 Å². The third-order valence-corrected chi connectivity index (χ3v) is 3.87. The van der Waals surface area contributed by atoms with Gasteiger partial charge in [0.25, 0.3) is 0 Å². The predicted molar refractivity (Wildman–Crippen MR) is 97.1 cm³/mol. The maximum Gasteiger partial charge on any atom is 0.170 e. The number of fused-ring (bicyclic) bond motifs is 1. The Balaban J connectivity index is 1.89. The van der Waals surface area contributed by atoms with E-state index in [0.29, 0.717) is 35.2 Å². The van der Waals surface area contributed by atoms with Gasteiger partial charge in [0.1, 0.15) is 11.5 Å². The lowest BCUT2D eigenvalue weighted by Crippen LogP contribution is -2.13. The lowest BCUT2D eigenvalue weighted by atomic mass is 10.2. The van der Waals surface area contributed by atoms with Gasteiger partial charge in [0.15, 0.2) is 17.8 Å². The number of hydrogen-bond acceptors (Lipinski definition) is 7. The fourth-order valence-corrected chi connectivity index (χ4v) is 2.57. The van der Waals surface area contributed by atoms with Crippen LogP contribution in [0.25, 0.3) is 22.9 Å². The third-order valence-electron chi connectivity index (χ3n) is 3.87. The largest absolute Gasteiger partial charge is 0.385 e. The number of H-pyrrole nitrogens is 1. The minimum atomic E-state index is 0.347. The number of methoxy groups -OCH3 is 1. The van der Waals surface area contributed by atoms with E-state index in [1.54, 1.807) is 31.1 Å². The molecule has 3 aromatic heterocycles. The molecule has 3 rings (SSSR count). The normalized spacial score (nSPS) is 11.5. The molecule has 1 N–H and O–H groups in total. The zero-order valence-corrected chi connectivity index (χ0v) is 15.0. The summed E-state index contributed by atoms with van der Waals surface area (Å²) in [7, 11) is 3.66. The van der Waals surface area contributed by atoms with Gasteiger partial charge < -0.3 is 9.64 Å². The van der Waals surface area contributed by atoms with Crippen molar-refractivity contribution in [2.24, 2.45) is 0 Å². The second kappa shape index (κ2) is 7.87. The molecule has 0 aliphatic carbocycles. The molecule has 0 aromatic carbocycles. The van der Waals surface area contributed by atoms with Gasteiger partial charge >= 0.3 is 0 Å². The summed E-state index contributed by atoms with van der Waals surface area (Å²) < 4.78 is 6.64. The number of nitrogens with zero attached hydrogens (tertiary/aromatic N) is 6. The standard InChI is InChI=1S/C17H21N7O2/c1-12-19-16-14(9-18-21-16)17(20-12)24-10-13(15(11-25)22-24)5-7-23(2)6-4-8-26-3/h5,7,9-11H,4,6,8H2,1-3H3,(H,18,19,20,21)/b7-5-. The molecule has 9 nitrogen and oxygen atoms in total. The zero-order valence-electron chi connectivity index (χ0n) is 15.0. The number of carbonyl (C=O) groups excluding carboxylic acids is 1. The van der Waals surface area contributed by atoms with Crippen molar-refractivity contribution in [1.82, 2.24) is 34.8 Å². The number of aromatic nitrogens is 6. The van der Waals surface area contributed by atoms with Crippen LogP contribution < -0.4 is 0 Å². The summed E-state index contributed by atoms with van der Waals surface area (Å²) in [6.07, 6.45) is 8.86. The predicted octanol–water partition coefficient (Wildman–Crippen LogP) is 1.60. The van der Waals surface area contributed by atoms with E-state index in [2.05, 4.69) is 25.3 Å². The average Bonchev–Trinajstić information content (AvgIpc) is 3.25. The first-order valence-electron chi connectivity index (χ1n) is 8.22. The van der Waals surface area contributed by atoms with E-state index in [-0.39, 0.29) is 0 Å². The highest BCUT2D eigenvalue weighted by molar-refractivity contribution is 5.83. The summed E-state index contributed by atoms with van der Waals surface area (Å²) >= 11 is 0. The highest BCUT2D eigenvalue weighted by atomic mass is 16.5. The molecule has 0 radical (unpaired) electrons. The van der Waals surface area contributed by atoms with E-state index < -0.39 is 0 Å². The van der Waals surface area contributed by atoms with E-state index in [1.165, 1.54) is 0 Å². The first-order chi connectivity index (χ1) is 12.6. The second-order valence-corrected chi connectivity index (χ2v) is 5.90. The summed E-state index contributed by atoms with van der Waals surface area (Å²) in [5, 5.41) is 11.9. The van der Waals surface area contributed by atoms with Crippen LogP contribution in [-0.2, 0) is 4.74 Å². The van der Waals surface area contributed by atoms with Crippen LogP contribution in [0.1, 0.15) is 28.3 Å². The molecule has 136 valence electrons. The Bertz CT molecular complexity index is 928. The molecule has 3 aromatic rings. The van der Waals surface area contributed by atoms with Crippen molar-refractivity contribution in [3.63, 3.8) is 0 Å². The van der Waals surface area contributed by atoms with Crippen molar-refractivity contribution >= 4 is 23.4 Å². The molecule has 0 saturated carbocycles. The molecule has 9 heteroatoms. The van der Waals surface area contributed by atoms with Crippen molar-refractivity contribution in [2.45, 2.75) is 13.3 Å². The average molecular weight is 355 g/mol. The van der Waals surface area contributed by atoms with E-state index in [1.807, 2.05) is 24.2 Å². The SMILES string of the molecule is COCCCN(C)/C=C\c1cn(-c2nc(C)nc3[nH]ncc23)nc1C=O. The van der Waals surface area contributed by atoms with E-state index in [9.17, 15) is 4.79 Å². The maximum atomic E-state index is 11.4. The Hall–Kier alpha value is -3.07. The van der Waals surface area contributed by atoms with Gasteiger partial charge in [0.05, 0.1) is 11.6 Å². The van der Waals surface area contributed by atoms with Crippen LogP contribution in [0.15, 0.2) is 18.6 Å². The van der Waals surface area contributed by atoms with E-state index in [4.69, 9.17) is 4.74 Å². The summed E-state index contributed by atoms with van der Waals surface area (Å²) in [6.45, 7) is 3.36. The van der Waals surface area contributed by atoms with Gasteiger partial charge in [-0.2, -0.15) is 10.2 Å². The molecule has 0 fully saturated rings. The number of aromatic amines is 1. The molecule has 26 heavy (non-hydrogen) atoms. The molecule has 0 amide bonds. The molecular weight excluding hydrogens is 334 g/mol. The zero-order chi connectivity index (χ0) is 18.5. The summed E-state index contributed by atoms with van der Waals surface area (Å²) in [4.78, 5) is 22.2. The van der Waals surface area contributed by atoms with E-state index >= 15 is 0 Å². The molecule has 0 aliphatic rings. The van der Waals surface area contributed by atoms with Gasteiger partial charge in [0, 0.05) is 39.1 Å². The Morgan fingerprint density at radius 2 is 2.23 bits per heavy atom. The third kappa shape index (κ3) is 3.77. The molecule has 0 bridgehead atoms. The minimum absolute atomic E-state index is 0.347. The number of aldehydes is 1. The molecule has 3 heterocycles. The van der Waals surface area contributed by atoms with Crippen LogP contribution in [0.3, 0.4) is 0 Å². The first kappa shape index (κ1) is 17.7. The van der Waals surface area contributed by atoms with Crippen molar-refractivity contribution in [2.75, 3.05) is 27.3 Å². The van der Waals surface area contributed by atoms with Gasteiger partial charge in [0.2, 0.25) is 0 Å². The highest BCUT2D eigenvalue weighted by Crippen LogP contribution is 2.19.